The molecule has 0 heterocycles. The number of carboxylic acids is 1. The zero-order valence-corrected chi connectivity index (χ0v) is 11.7. The molecule has 104 valence electrons. The molecule has 0 atom stereocenters. The Labute approximate surface area is 112 Å². The van der Waals surface area contributed by atoms with Crippen molar-refractivity contribution in [3.05, 3.63) is 28.3 Å². The van der Waals surface area contributed by atoms with E-state index in [0.717, 1.165) is 28.0 Å². The lowest BCUT2D eigenvalue weighted by molar-refractivity contribution is -0.140. The van der Waals surface area contributed by atoms with Crippen molar-refractivity contribution in [3.63, 3.8) is 0 Å². The van der Waals surface area contributed by atoms with Gasteiger partial charge in [0.05, 0.1) is 7.11 Å². The second kappa shape index (κ2) is 6.22. The molecule has 1 aromatic carbocycles. The average Bonchev–Trinajstić information content (AvgIpc) is 2.32. The van der Waals surface area contributed by atoms with Crippen molar-refractivity contribution in [3.8, 4) is 5.75 Å². The van der Waals surface area contributed by atoms with Gasteiger partial charge in [0.1, 0.15) is 12.2 Å². The Hall–Kier alpha value is -2.04. The molecule has 0 bridgehead atoms. The second-order valence-corrected chi connectivity index (χ2v) is 4.48. The minimum atomic E-state index is -1.13. The van der Waals surface area contributed by atoms with E-state index in [4.69, 9.17) is 9.84 Å². The number of hydrogen-bond donors (Lipinski definition) is 2. The Morgan fingerprint density at radius 2 is 1.89 bits per heavy atom. The molecular weight excluding hydrogens is 246 g/mol. The van der Waals surface area contributed by atoms with E-state index in [-0.39, 0.29) is 0 Å². The van der Waals surface area contributed by atoms with Gasteiger partial charge in [0.25, 0.3) is 0 Å². The molecule has 0 radical (unpaired) electrons. The van der Waals surface area contributed by atoms with Crippen LogP contribution in [-0.2, 0) is 16.1 Å². The Morgan fingerprint density at radius 1 is 1.26 bits per heavy atom. The smallest absolute Gasteiger partial charge is 0.312 e. The standard InChI is InChI=1S/C14H19NO4/c1-8-5-11(7-15-12(16)6-13(17)18)9(2)10(3)14(8)19-4/h5H,6-7H2,1-4H3,(H,15,16)(H,17,18). The van der Waals surface area contributed by atoms with Gasteiger partial charge in [-0.2, -0.15) is 0 Å². The molecule has 0 spiro atoms. The molecular formula is C14H19NO4. The van der Waals surface area contributed by atoms with Gasteiger partial charge >= 0.3 is 5.97 Å². The quantitative estimate of drug-likeness (QED) is 0.795. The number of methoxy groups -OCH3 is 1. The first-order chi connectivity index (χ1) is 8.86. The van der Waals surface area contributed by atoms with E-state index in [0.29, 0.717) is 6.54 Å². The molecule has 0 aliphatic carbocycles. The van der Waals surface area contributed by atoms with Crippen LogP contribution in [0.15, 0.2) is 6.07 Å². The van der Waals surface area contributed by atoms with E-state index in [1.54, 1.807) is 7.11 Å². The van der Waals surface area contributed by atoms with E-state index < -0.39 is 18.3 Å². The zero-order chi connectivity index (χ0) is 14.6. The molecule has 1 aromatic rings. The summed E-state index contributed by atoms with van der Waals surface area (Å²) in [7, 11) is 1.63. The highest BCUT2D eigenvalue weighted by Crippen LogP contribution is 2.28. The molecule has 1 rings (SSSR count). The fourth-order valence-electron chi connectivity index (χ4n) is 2.03. The summed E-state index contributed by atoms with van der Waals surface area (Å²) in [6.07, 6.45) is -0.507. The molecule has 5 heteroatoms. The highest BCUT2D eigenvalue weighted by Gasteiger charge is 2.12. The van der Waals surface area contributed by atoms with Gasteiger partial charge in [-0.15, -0.1) is 0 Å². The maximum absolute atomic E-state index is 11.3. The highest BCUT2D eigenvalue weighted by molar-refractivity contribution is 5.93. The second-order valence-electron chi connectivity index (χ2n) is 4.48. The summed E-state index contributed by atoms with van der Waals surface area (Å²) >= 11 is 0. The number of nitrogens with one attached hydrogen (secondary N) is 1. The maximum Gasteiger partial charge on any atom is 0.312 e. The molecule has 0 fully saturated rings. The predicted octanol–water partition coefficient (Wildman–Crippen LogP) is 1.71. The van der Waals surface area contributed by atoms with Crippen molar-refractivity contribution in [1.29, 1.82) is 0 Å². The number of rotatable bonds is 5. The van der Waals surface area contributed by atoms with Crippen molar-refractivity contribution in [2.45, 2.75) is 33.7 Å². The van der Waals surface area contributed by atoms with Crippen LogP contribution < -0.4 is 10.1 Å². The van der Waals surface area contributed by atoms with Crippen LogP contribution in [0.4, 0.5) is 0 Å². The monoisotopic (exact) mass is 265 g/mol. The number of aliphatic carboxylic acids is 1. The molecule has 0 unspecified atom stereocenters. The maximum atomic E-state index is 11.3. The Balaban J connectivity index is 2.85. The molecule has 0 aliphatic heterocycles. The van der Waals surface area contributed by atoms with Gasteiger partial charge in [-0.1, -0.05) is 6.07 Å². The number of benzene rings is 1. The summed E-state index contributed by atoms with van der Waals surface area (Å²) in [4.78, 5) is 21.7. The van der Waals surface area contributed by atoms with Crippen LogP contribution in [0, 0.1) is 20.8 Å². The van der Waals surface area contributed by atoms with Gasteiger partial charge in [-0.25, -0.2) is 0 Å². The summed E-state index contributed by atoms with van der Waals surface area (Å²) in [5, 5.41) is 11.1. The third kappa shape index (κ3) is 3.71. The van der Waals surface area contributed by atoms with Crippen molar-refractivity contribution in [1.82, 2.24) is 5.32 Å². The third-order valence-electron chi connectivity index (χ3n) is 3.13. The van der Waals surface area contributed by atoms with Crippen LogP contribution in [-0.4, -0.2) is 24.1 Å². The van der Waals surface area contributed by atoms with Gasteiger partial charge < -0.3 is 15.2 Å². The Kier molecular flexibility index (Phi) is 4.92. The largest absolute Gasteiger partial charge is 0.496 e. The van der Waals surface area contributed by atoms with Crippen molar-refractivity contribution in [2.24, 2.45) is 0 Å². The van der Waals surface area contributed by atoms with Crippen molar-refractivity contribution in [2.75, 3.05) is 7.11 Å². The number of hydrogen-bond acceptors (Lipinski definition) is 3. The molecule has 1 amide bonds. The molecule has 2 N–H and O–H groups in total. The van der Waals surface area contributed by atoms with Crippen LogP contribution in [0.5, 0.6) is 5.75 Å². The lowest BCUT2D eigenvalue weighted by atomic mass is 9.98. The summed E-state index contributed by atoms with van der Waals surface area (Å²) < 4.78 is 5.32. The fourth-order valence-corrected chi connectivity index (χ4v) is 2.03. The zero-order valence-electron chi connectivity index (χ0n) is 11.7. The first-order valence-corrected chi connectivity index (χ1v) is 5.99. The van der Waals surface area contributed by atoms with Crippen molar-refractivity contribution >= 4 is 11.9 Å². The van der Waals surface area contributed by atoms with Crippen LogP contribution >= 0.6 is 0 Å². The van der Waals surface area contributed by atoms with Crippen molar-refractivity contribution < 1.29 is 19.4 Å². The Bertz CT molecular complexity index is 509. The van der Waals surface area contributed by atoms with Gasteiger partial charge in [0.2, 0.25) is 5.91 Å². The number of carboxylic acid groups (broad SMARTS) is 1. The minimum Gasteiger partial charge on any atom is -0.496 e. The molecule has 0 saturated heterocycles. The fraction of sp³-hybridized carbons (Fsp3) is 0.429. The number of carbonyl (C=O) groups is 2. The molecule has 5 nitrogen and oxygen atoms in total. The molecule has 0 saturated carbocycles. The van der Waals surface area contributed by atoms with E-state index in [2.05, 4.69) is 5.32 Å². The summed E-state index contributed by atoms with van der Waals surface area (Å²) in [6.45, 7) is 6.18. The summed E-state index contributed by atoms with van der Waals surface area (Å²) in [6, 6.07) is 1.95. The van der Waals surface area contributed by atoms with Gasteiger partial charge in [0.15, 0.2) is 0 Å². The Morgan fingerprint density at radius 3 is 2.42 bits per heavy atom. The first-order valence-electron chi connectivity index (χ1n) is 5.99. The predicted molar refractivity (Wildman–Crippen MR) is 71.3 cm³/mol. The highest BCUT2D eigenvalue weighted by atomic mass is 16.5. The van der Waals surface area contributed by atoms with Crippen LogP contribution in [0.3, 0.4) is 0 Å². The third-order valence-corrected chi connectivity index (χ3v) is 3.13. The van der Waals surface area contributed by atoms with Gasteiger partial charge in [-0.05, 0) is 43.0 Å². The van der Waals surface area contributed by atoms with Crippen LogP contribution in [0.2, 0.25) is 0 Å². The SMILES string of the molecule is COc1c(C)cc(CNC(=O)CC(=O)O)c(C)c1C. The lowest BCUT2D eigenvalue weighted by Crippen LogP contribution is -2.25. The molecule has 0 aromatic heterocycles. The minimum absolute atomic E-state index is 0.323. The molecule has 0 aliphatic rings. The van der Waals surface area contributed by atoms with Crippen LogP contribution in [0.25, 0.3) is 0 Å². The number of ether oxygens (including phenoxy) is 1. The number of carbonyl (C=O) groups excluding carboxylic acids is 1. The number of aryl methyl sites for hydroxylation is 1. The normalized spacial score (nSPS) is 10.1. The van der Waals surface area contributed by atoms with Gasteiger partial charge in [0, 0.05) is 6.54 Å². The topological polar surface area (TPSA) is 75.6 Å². The summed E-state index contributed by atoms with van der Waals surface area (Å²) in [5.41, 5.74) is 4.03. The van der Waals surface area contributed by atoms with E-state index in [1.807, 2.05) is 26.8 Å². The molecule has 19 heavy (non-hydrogen) atoms. The lowest BCUT2D eigenvalue weighted by Gasteiger charge is -2.16. The van der Waals surface area contributed by atoms with Gasteiger partial charge in [-0.3, -0.25) is 9.59 Å². The summed E-state index contributed by atoms with van der Waals surface area (Å²) in [5.74, 6) is -0.771. The van der Waals surface area contributed by atoms with Crippen LogP contribution in [0.1, 0.15) is 28.7 Å². The first kappa shape index (κ1) is 15.0. The van der Waals surface area contributed by atoms with E-state index >= 15 is 0 Å². The average molecular weight is 265 g/mol. The van der Waals surface area contributed by atoms with E-state index in [1.165, 1.54) is 0 Å². The van der Waals surface area contributed by atoms with E-state index in [9.17, 15) is 9.59 Å². The number of amides is 1.